The van der Waals surface area contributed by atoms with E-state index in [1.807, 2.05) is 52.5 Å². The van der Waals surface area contributed by atoms with Crippen molar-refractivity contribution in [3.05, 3.63) is 53.4 Å². The lowest BCUT2D eigenvalue weighted by Gasteiger charge is -2.20. The molecular formula is C17H16N2O2S2. The maximum atomic E-state index is 12.8. The standard InChI is InChI=1S/C17H16N2O2S2/c20-17(12-3-4-13-16(10-12)23-11-18-13)19-6-5-15(22-9-7-19)14-2-1-8-21-14/h1-4,8,10-11,15H,5-7,9H2/t15-/m0/s1. The maximum Gasteiger partial charge on any atom is 0.253 e. The van der Waals surface area contributed by atoms with Gasteiger partial charge < -0.3 is 9.32 Å². The number of fused-ring (bicyclic) bond motifs is 1. The van der Waals surface area contributed by atoms with E-state index >= 15 is 0 Å². The van der Waals surface area contributed by atoms with E-state index in [-0.39, 0.29) is 5.91 Å². The second-order valence-corrected chi connectivity index (χ2v) is 7.69. The summed E-state index contributed by atoms with van der Waals surface area (Å²) in [6.45, 7) is 1.54. The number of thioether (sulfide) groups is 1. The maximum absolute atomic E-state index is 12.8. The van der Waals surface area contributed by atoms with Crippen molar-refractivity contribution >= 4 is 39.2 Å². The first-order valence-corrected chi connectivity index (χ1v) is 9.51. The van der Waals surface area contributed by atoms with Gasteiger partial charge in [0.2, 0.25) is 0 Å². The Kier molecular flexibility index (Phi) is 4.10. The molecule has 1 fully saturated rings. The van der Waals surface area contributed by atoms with Crippen molar-refractivity contribution in [3.8, 4) is 0 Å². The summed E-state index contributed by atoms with van der Waals surface area (Å²) >= 11 is 3.44. The molecule has 4 rings (SSSR count). The van der Waals surface area contributed by atoms with E-state index in [0.717, 1.165) is 46.8 Å². The number of benzene rings is 1. The van der Waals surface area contributed by atoms with Crippen LogP contribution in [0.25, 0.3) is 10.2 Å². The Hall–Kier alpha value is -1.79. The van der Waals surface area contributed by atoms with Crippen molar-refractivity contribution in [2.75, 3.05) is 18.8 Å². The zero-order chi connectivity index (χ0) is 15.6. The monoisotopic (exact) mass is 344 g/mol. The molecule has 0 bridgehead atoms. The molecule has 1 saturated heterocycles. The van der Waals surface area contributed by atoms with Gasteiger partial charge >= 0.3 is 0 Å². The molecule has 3 aromatic rings. The predicted molar refractivity (Wildman–Crippen MR) is 94.0 cm³/mol. The van der Waals surface area contributed by atoms with E-state index < -0.39 is 0 Å². The molecule has 0 aliphatic carbocycles. The smallest absolute Gasteiger partial charge is 0.253 e. The quantitative estimate of drug-likeness (QED) is 0.699. The van der Waals surface area contributed by atoms with Gasteiger partial charge in [-0.05, 0) is 36.8 Å². The van der Waals surface area contributed by atoms with Gasteiger partial charge in [-0.2, -0.15) is 0 Å². The van der Waals surface area contributed by atoms with E-state index in [4.69, 9.17) is 4.42 Å². The molecular weight excluding hydrogens is 328 g/mol. The number of nitrogens with zero attached hydrogens (tertiary/aromatic N) is 2. The fraction of sp³-hybridized carbons (Fsp3) is 0.294. The molecule has 23 heavy (non-hydrogen) atoms. The normalized spacial score (nSPS) is 19.0. The van der Waals surface area contributed by atoms with Crippen molar-refractivity contribution in [1.82, 2.24) is 9.88 Å². The average Bonchev–Trinajstić information content (AvgIpc) is 3.21. The highest BCUT2D eigenvalue weighted by molar-refractivity contribution is 7.99. The second-order valence-electron chi connectivity index (χ2n) is 5.49. The van der Waals surface area contributed by atoms with Gasteiger partial charge in [-0.15, -0.1) is 23.1 Å². The van der Waals surface area contributed by atoms with Crippen molar-refractivity contribution < 1.29 is 9.21 Å². The van der Waals surface area contributed by atoms with Gasteiger partial charge in [-0.3, -0.25) is 4.79 Å². The van der Waals surface area contributed by atoms with Gasteiger partial charge in [0, 0.05) is 24.4 Å². The van der Waals surface area contributed by atoms with Crippen molar-refractivity contribution in [1.29, 1.82) is 0 Å². The minimum Gasteiger partial charge on any atom is -0.468 e. The molecule has 1 aliphatic heterocycles. The number of amides is 1. The third kappa shape index (κ3) is 3.01. The highest BCUT2D eigenvalue weighted by atomic mass is 32.2. The molecule has 0 unspecified atom stereocenters. The van der Waals surface area contributed by atoms with Crippen LogP contribution in [-0.2, 0) is 0 Å². The molecule has 1 atom stereocenters. The van der Waals surface area contributed by atoms with Crippen LogP contribution in [0, 0.1) is 0 Å². The molecule has 0 saturated carbocycles. The minimum atomic E-state index is 0.112. The van der Waals surface area contributed by atoms with Gasteiger partial charge in [-0.25, -0.2) is 4.98 Å². The Morgan fingerprint density at radius 2 is 2.26 bits per heavy atom. The Balaban J connectivity index is 1.50. The Bertz CT molecular complexity index is 813. The molecule has 1 amide bonds. The first kappa shape index (κ1) is 14.8. The topological polar surface area (TPSA) is 46.3 Å². The highest BCUT2D eigenvalue weighted by Crippen LogP contribution is 2.34. The molecule has 4 nitrogen and oxygen atoms in total. The van der Waals surface area contributed by atoms with E-state index in [0.29, 0.717) is 5.25 Å². The second kappa shape index (κ2) is 6.37. The summed E-state index contributed by atoms with van der Waals surface area (Å²) in [5, 5.41) is 0.340. The number of hydrogen-bond acceptors (Lipinski definition) is 5. The lowest BCUT2D eigenvalue weighted by Crippen LogP contribution is -2.32. The van der Waals surface area contributed by atoms with Crippen LogP contribution >= 0.6 is 23.1 Å². The van der Waals surface area contributed by atoms with Crippen LogP contribution in [0.4, 0.5) is 0 Å². The minimum absolute atomic E-state index is 0.112. The molecule has 1 aromatic carbocycles. The average molecular weight is 344 g/mol. The van der Waals surface area contributed by atoms with Crippen LogP contribution in [-0.4, -0.2) is 34.6 Å². The Morgan fingerprint density at radius 1 is 1.30 bits per heavy atom. The molecule has 0 spiro atoms. The van der Waals surface area contributed by atoms with Crippen molar-refractivity contribution in [3.63, 3.8) is 0 Å². The van der Waals surface area contributed by atoms with Gasteiger partial charge in [0.05, 0.1) is 27.2 Å². The number of aromatic nitrogens is 1. The summed E-state index contributed by atoms with van der Waals surface area (Å²) in [5.74, 6) is 2.05. The van der Waals surface area contributed by atoms with Crippen LogP contribution < -0.4 is 0 Å². The SMILES string of the molecule is O=C(c1ccc2ncsc2c1)N1CCS[C@H](c2ccco2)CC1. The summed E-state index contributed by atoms with van der Waals surface area (Å²) in [5.41, 5.74) is 3.52. The first-order chi connectivity index (χ1) is 11.3. The predicted octanol–water partition coefficient (Wildman–Crippen LogP) is 4.21. The number of carbonyl (C=O) groups excluding carboxylic acids is 1. The highest BCUT2D eigenvalue weighted by Gasteiger charge is 2.24. The first-order valence-electron chi connectivity index (χ1n) is 7.59. The van der Waals surface area contributed by atoms with Crippen LogP contribution in [0.5, 0.6) is 0 Å². The molecule has 3 heterocycles. The molecule has 2 aromatic heterocycles. The summed E-state index contributed by atoms with van der Waals surface area (Å²) in [7, 11) is 0. The Labute approximate surface area is 142 Å². The van der Waals surface area contributed by atoms with Gasteiger partial charge in [0.1, 0.15) is 5.76 Å². The largest absolute Gasteiger partial charge is 0.468 e. The van der Waals surface area contributed by atoms with Crippen LogP contribution in [0.15, 0.2) is 46.5 Å². The third-order valence-corrected chi connectivity index (χ3v) is 6.15. The lowest BCUT2D eigenvalue weighted by atomic mass is 10.1. The van der Waals surface area contributed by atoms with Crippen LogP contribution in [0.1, 0.15) is 27.8 Å². The van der Waals surface area contributed by atoms with Gasteiger partial charge in [0.15, 0.2) is 0 Å². The summed E-state index contributed by atoms with van der Waals surface area (Å²) in [4.78, 5) is 19.0. The summed E-state index contributed by atoms with van der Waals surface area (Å²) < 4.78 is 6.58. The van der Waals surface area contributed by atoms with E-state index in [2.05, 4.69) is 4.98 Å². The number of furan rings is 1. The van der Waals surface area contributed by atoms with Crippen molar-refractivity contribution in [2.45, 2.75) is 11.7 Å². The fourth-order valence-corrected chi connectivity index (χ4v) is 4.74. The zero-order valence-corrected chi connectivity index (χ0v) is 14.1. The van der Waals surface area contributed by atoms with Crippen LogP contribution in [0.3, 0.4) is 0 Å². The number of thiazole rings is 1. The Morgan fingerprint density at radius 3 is 3.13 bits per heavy atom. The van der Waals surface area contributed by atoms with Gasteiger partial charge in [0.25, 0.3) is 5.91 Å². The number of hydrogen-bond donors (Lipinski definition) is 0. The third-order valence-electron chi connectivity index (χ3n) is 4.07. The molecule has 1 aliphatic rings. The summed E-state index contributed by atoms with van der Waals surface area (Å²) in [6.07, 6.45) is 2.64. The van der Waals surface area contributed by atoms with Crippen molar-refractivity contribution in [2.24, 2.45) is 0 Å². The van der Waals surface area contributed by atoms with E-state index in [9.17, 15) is 4.79 Å². The van der Waals surface area contributed by atoms with E-state index in [1.54, 1.807) is 17.6 Å². The summed E-state index contributed by atoms with van der Waals surface area (Å²) in [6, 6.07) is 9.71. The molecule has 0 N–H and O–H groups in total. The fourth-order valence-electron chi connectivity index (χ4n) is 2.85. The number of rotatable bonds is 2. The van der Waals surface area contributed by atoms with E-state index in [1.165, 1.54) is 0 Å². The number of carbonyl (C=O) groups is 1. The zero-order valence-electron chi connectivity index (χ0n) is 12.5. The molecule has 0 radical (unpaired) electrons. The molecule has 6 heteroatoms. The van der Waals surface area contributed by atoms with Crippen LogP contribution in [0.2, 0.25) is 0 Å². The molecule has 118 valence electrons. The van der Waals surface area contributed by atoms with Gasteiger partial charge in [-0.1, -0.05) is 0 Å². The lowest BCUT2D eigenvalue weighted by molar-refractivity contribution is 0.0766.